The molecule has 0 saturated carbocycles. The van der Waals surface area contributed by atoms with Gasteiger partial charge in [-0.05, 0) is 44.9 Å². The molecule has 0 atom stereocenters. The Morgan fingerprint density at radius 1 is 1.32 bits per heavy atom. The van der Waals surface area contributed by atoms with Crippen molar-refractivity contribution in [3.8, 4) is 5.75 Å². The summed E-state index contributed by atoms with van der Waals surface area (Å²) in [4.78, 5) is 14.0. The molecule has 1 aromatic carbocycles. The maximum atomic E-state index is 12.2. The lowest BCUT2D eigenvalue weighted by Gasteiger charge is -2.21. The summed E-state index contributed by atoms with van der Waals surface area (Å²) in [6, 6.07) is 1.89. The SMILES string of the molecule is CCN(CC)C(=O)Cc1c(OC)cc(C)c(Cl)c1C. The topological polar surface area (TPSA) is 29.5 Å². The van der Waals surface area contributed by atoms with E-state index in [0.717, 1.165) is 35.5 Å². The molecule has 0 heterocycles. The molecule has 0 fully saturated rings. The van der Waals surface area contributed by atoms with Gasteiger partial charge in [-0.25, -0.2) is 0 Å². The third-order valence-electron chi connectivity index (χ3n) is 3.44. The van der Waals surface area contributed by atoms with Crippen molar-refractivity contribution in [2.45, 2.75) is 34.1 Å². The average molecular weight is 284 g/mol. The first-order chi connectivity index (χ1) is 8.96. The van der Waals surface area contributed by atoms with Gasteiger partial charge in [0.1, 0.15) is 5.75 Å². The van der Waals surface area contributed by atoms with Crippen molar-refractivity contribution < 1.29 is 9.53 Å². The number of likely N-dealkylation sites (N-methyl/N-ethyl adjacent to an activating group) is 1. The molecule has 0 spiro atoms. The number of hydrogen-bond acceptors (Lipinski definition) is 2. The first kappa shape index (κ1) is 15.8. The van der Waals surface area contributed by atoms with Crippen LogP contribution in [0.1, 0.15) is 30.5 Å². The molecular weight excluding hydrogens is 262 g/mol. The first-order valence-corrected chi connectivity index (χ1v) is 6.94. The molecule has 3 nitrogen and oxygen atoms in total. The van der Waals surface area contributed by atoms with Gasteiger partial charge in [-0.15, -0.1) is 0 Å². The molecule has 4 heteroatoms. The summed E-state index contributed by atoms with van der Waals surface area (Å²) in [6.45, 7) is 9.27. The standard InChI is InChI=1S/C15H22ClNO2/c1-6-17(7-2)14(18)9-12-11(4)15(16)10(3)8-13(12)19-5/h8H,6-7,9H2,1-5H3. The van der Waals surface area contributed by atoms with Gasteiger partial charge in [0.15, 0.2) is 0 Å². The van der Waals surface area contributed by atoms with Gasteiger partial charge in [-0.1, -0.05) is 11.6 Å². The zero-order valence-corrected chi connectivity index (χ0v) is 13.1. The smallest absolute Gasteiger partial charge is 0.227 e. The van der Waals surface area contributed by atoms with Crippen molar-refractivity contribution in [1.29, 1.82) is 0 Å². The molecule has 0 aliphatic rings. The molecule has 106 valence electrons. The third-order valence-corrected chi connectivity index (χ3v) is 4.02. The minimum absolute atomic E-state index is 0.103. The predicted molar refractivity (Wildman–Crippen MR) is 79.1 cm³/mol. The zero-order valence-electron chi connectivity index (χ0n) is 12.3. The van der Waals surface area contributed by atoms with Crippen LogP contribution < -0.4 is 4.74 Å². The summed E-state index contributed by atoms with van der Waals surface area (Å²) in [6.07, 6.45) is 0.330. The van der Waals surface area contributed by atoms with E-state index in [4.69, 9.17) is 16.3 Å². The minimum atomic E-state index is 0.103. The highest BCUT2D eigenvalue weighted by atomic mass is 35.5. The number of ether oxygens (including phenoxy) is 1. The van der Waals surface area contributed by atoms with Gasteiger partial charge in [-0.3, -0.25) is 4.79 Å². The summed E-state index contributed by atoms with van der Waals surface area (Å²) in [5.41, 5.74) is 2.78. The Kier molecular flexibility index (Phi) is 5.67. The van der Waals surface area contributed by atoms with Crippen molar-refractivity contribution >= 4 is 17.5 Å². The molecule has 0 radical (unpaired) electrons. The van der Waals surface area contributed by atoms with Crippen molar-refractivity contribution in [2.75, 3.05) is 20.2 Å². The van der Waals surface area contributed by atoms with Crippen LogP contribution in [0, 0.1) is 13.8 Å². The molecule has 0 N–H and O–H groups in total. The summed E-state index contributed by atoms with van der Waals surface area (Å²) < 4.78 is 5.38. The molecule has 0 saturated heterocycles. The number of amides is 1. The van der Waals surface area contributed by atoms with Crippen LogP contribution >= 0.6 is 11.6 Å². The lowest BCUT2D eigenvalue weighted by molar-refractivity contribution is -0.130. The van der Waals surface area contributed by atoms with Crippen molar-refractivity contribution in [3.05, 3.63) is 27.8 Å². The number of rotatable bonds is 5. The number of aryl methyl sites for hydroxylation is 1. The van der Waals surface area contributed by atoms with E-state index in [9.17, 15) is 4.79 Å². The van der Waals surface area contributed by atoms with Crippen LogP contribution in [0.3, 0.4) is 0 Å². The van der Waals surface area contributed by atoms with E-state index in [-0.39, 0.29) is 5.91 Å². The number of hydrogen-bond donors (Lipinski definition) is 0. The van der Waals surface area contributed by atoms with Gasteiger partial charge >= 0.3 is 0 Å². The van der Waals surface area contributed by atoms with Crippen molar-refractivity contribution in [1.82, 2.24) is 4.90 Å². The minimum Gasteiger partial charge on any atom is -0.496 e. The van der Waals surface area contributed by atoms with Crippen LogP contribution in [0.4, 0.5) is 0 Å². The average Bonchev–Trinajstić information content (AvgIpc) is 2.40. The van der Waals surface area contributed by atoms with Gasteiger partial charge in [-0.2, -0.15) is 0 Å². The fraction of sp³-hybridized carbons (Fsp3) is 0.533. The third kappa shape index (κ3) is 3.41. The van der Waals surface area contributed by atoms with E-state index in [1.807, 2.05) is 38.7 Å². The summed E-state index contributed by atoms with van der Waals surface area (Å²) in [7, 11) is 1.62. The van der Waals surface area contributed by atoms with Crippen LogP contribution in [0.2, 0.25) is 5.02 Å². The lowest BCUT2D eigenvalue weighted by atomic mass is 10.0. The largest absolute Gasteiger partial charge is 0.496 e. The highest BCUT2D eigenvalue weighted by Gasteiger charge is 2.18. The monoisotopic (exact) mass is 283 g/mol. The Balaban J connectivity index is 3.13. The first-order valence-electron chi connectivity index (χ1n) is 6.56. The van der Waals surface area contributed by atoms with Crippen LogP contribution in [0.15, 0.2) is 6.07 Å². The van der Waals surface area contributed by atoms with Gasteiger partial charge in [0.25, 0.3) is 0 Å². The van der Waals surface area contributed by atoms with Gasteiger partial charge in [0, 0.05) is 23.7 Å². The fourth-order valence-corrected chi connectivity index (χ4v) is 2.37. The quantitative estimate of drug-likeness (QED) is 0.829. The molecule has 0 aliphatic carbocycles. The Labute approximate surface area is 120 Å². The molecular formula is C15H22ClNO2. The fourth-order valence-electron chi connectivity index (χ4n) is 2.20. The second-order valence-corrected chi connectivity index (χ2v) is 4.93. The van der Waals surface area contributed by atoms with Crippen LogP contribution in [-0.4, -0.2) is 31.0 Å². The summed E-state index contributed by atoms with van der Waals surface area (Å²) in [5.74, 6) is 0.839. The molecule has 1 amide bonds. The van der Waals surface area contributed by atoms with E-state index in [2.05, 4.69) is 0 Å². The molecule has 0 aromatic heterocycles. The molecule has 19 heavy (non-hydrogen) atoms. The Bertz CT molecular complexity index is 468. The Morgan fingerprint density at radius 3 is 2.37 bits per heavy atom. The highest BCUT2D eigenvalue weighted by molar-refractivity contribution is 6.32. The van der Waals surface area contributed by atoms with Crippen LogP contribution in [-0.2, 0) is 11.2 Å². The van der Waals surface area contributed by atoms with Crippen molar-refractivity contribution in [3.63, 3.8) is 0 Å². The van der Waals surface area contributed by atoms with Gasteiger partial charge in [0.2, 0.25) is 5.91 Å². The predicted octanol–water partition coefficient (Wildman–Crippen LogP) is 3.38. The van der Waals surface area contributed by atoms with Crippen molar-refractivity contribution in [2.24, 2.45) is 0 Å². The second kappa shape index (κ2) is 6.80. The number of methoxy groups -OCH3 is 1. The van der Waals surface area contributed by atoms with Gasteiger partial charge < -0.3 is 9.64 Å². The second-order valence-electron chi connectivity index (χ2n) is 4.56. The molecule has 1 rings (SSSR count). The maximum Gasteiger partial charge on any atom is 0.227 e. The molecule has 0 bridgehead atoms. The van der Waals surface area contributed by atoms with E-state index < -0.39 is 0 Å². The number of carbonyl (C=O) groups excluding carboxylic acids is 1. The Morgan fingerprint density at radius 2 is 1.89 bits per heavy atom. The zero-order chi connectivity index (χ0) is 14.6. The van der Waals surface area contributed by atoms with Gasteiger partial charge in [0.05, 0.1) is 13.5 Å². The molecule has 0 aliphatic heterocycles. The molecule has 1 aromatic rings. The van der Waals surface area contributed by atoms with E-state index >= 15 is 0 Å². The van der Waals surface area contributed by atoms with Crippen LogP contribution in [0.5, 0.6) is 5.75 Å². The number of benzene rings is 1. The molecule has 0 unspecified atom stereocenters. The number of nitrogens with zero attached hydrogens (tertiary/aromatic N) is 1. The number of halogens is 1. The summed E-state index contributed by atoms with van der Waals surface area (Å²) >= 11 is 6.26. The summed E-state index contributed by atoms with van der Waals surface area (Å²) in [5, 5.41) is 0.711. The van der Waals surface area contributed by atoms with E-state index in [1.165, 1.54) is 0 Å². The van der Waals surface area contributed by atoms with E-state index in [0.29, 0.717) is 11.4 Å². The van der Waals surface area contributed by atoms with E-state index in [1.54, 1.807) is 7.11 Å². The Hall–Kier alpha value is -1.22. The normalized spacial score (nSPS) is 10.4. The lowest BCUT2D eigenvalue weighted by Crippen LogP contribution is -2.32. The highest BCUT2D eigenvalue weighted by Crippen LogP contribution is 2.32. The maximum absolute atomic E-state index is 12.2. The van der Waals surface area contributed by atoms with Crippen LogP contribution in [0.25, 0.3) is 0 Å². The number of carbonyl (C=O) groups is 1.